The Hall–Kier alpha value is -4.52. The summed E-state index contributed by atoms with van der Waals surface area (Å²) in [7, 11) is 3.32. The molecule has 1 aromatic heterocycles. The molecule has 2 heterocycles. The second kappa shape index (κ2) is 23.7. The van der Waals surface area contributed by atoms with Crippen LogP contribution < -0.4 is 16.2 Å². The van der Waals surface area contributed by atoms with E-state index in [1.165, 1.54) is 0 Å². The molecule has 0 radical (unpaired) electrons. The van der Waals surface area contributed by atoms with Crippen molar-refractivity contribution in [2.75, 3.05) is 19.0 Å². The van der Waals surface area contributed by atoms with E-state index in [0.717, 1.165) is 72.0 Å². The molecule has 10 N–H and O–H groups in total. The van der Waals surface area contributed by atoms with E-state index in [1.54, 1.807) is 64.2 Å². The minimum atomic E-state index is -0.804. The van der Waals surface area contributed by atoms with Crippen molar-refractivity contribution in [3.8, 4) is 29.1 Å². The average molecular weight is 950 g/mol. The summed E-state index contributed by atoms with van der Waals surface area (Å²) in [5.74, 6) is 7.66. The van der Waals surface area contributed by atoms with Crippen LogP contribution in [0.15, 0.2) is 72.9 Å². The van der Waals surface area contributed by atoms with Gasteiger partial charge in [-0.2, -0.15) is 0 Å². The van der Waals surface area contributed by atoms with Crippen molar-refractivity contribution < 1.29 is 39.9 Å². The predicted molar refractivity (Wildman–Crippen MR) is 267 cm³/mol. The highest BCUT2D eigenvalue weighted by molar-refractivity contribution is 8.76. The van der Waals surface area contributed by atoms with Gasteiger partial charge in [-0.15, -0.1) is 0 Å². The number of carbonyl (C=O) groups excluding carboxylic acids is 2. The van der Waals surface area contributed by atoms with Crippen molar-refractivity contribution >= 4 is 33.2 Å². The average Bonchev–Trinajstić information content (AvgIpc) is 3.92. The molecule has 1 saturated carbocycles. The van der Waals surface area contributed by atoms with Gasteiger partial charge in [-0.05, 0) is 120 Å². The summed E-state index contributed by atoms with van der Waals surface area (Å²) in [6, 6.07) is 16.3. The van der Waals surface area contributed by atoms with Crippen molar-refractivity contribution in [1.82, 2.24) is 4.98 Å². The van der Waals surface area contributed by atoms with Crippen LogP contribution in [-0.4, -0.2) is 73.3 Å². The van der Waals surface area contributed by atoms with Gasteiger partial charge in [0.05, 0.1) is 38.0 Å². The molecule has 0 saturated heterocycles. The number of phenolic OH excluding ortho intramolecular Hbond substituents is 2. The molecule has 3 aliphatic rings. The number of nitrogens with two attached hydrogens (primary N) is 2. The molecule has 0 spiro atoms. The zero-order valence-corrected chi connectivity index (χ0v) is 40.2. The van der Waals surface area contributed by atoms with Gasteiger partial charge in [0, 0.05) is 65.3 Å². The summed E-state index contributed by atoms with van der Waals surface area (Å²) in [6.07, 6.45) is 12.3. The predicted octanol–water partition coefficient (Wildman–Crippen LogP) is 8.71. The molecule has 13 heteroatoms. The standard InChI is InChI=1S/C54H67N3O8S2/c1-2-3-4-6-34(23-41(60)31-58)15-19-54-20-16-40(59)12-9-35-11-14-49(62)52(25-35)65-22-18-36-10-13-48(61)46(24-36)45-28-50(63)42-17-21-57-47(42)8-5-7-37-26-44(53(55)56)38(27-43(37)45)32-66-67-33-39(29-54)51(64)30-54/h10-11,13-14,16-17,20-21,24-27,34,39,41,45,51,53,57-58,60-62,64H,2-4,6,8-9,12,15,18-19,22-23,28-33,55-56H2,1H3/b20-16+/t34-,39+,41+,45-,51+,54-/m1/s1. The van der Waals surface area contributed by atoms with E-state index in [2.05, 4.69) is 23.7 Å². The molecule has 4 aromatic rings. The van der Waals surface area contributed by atoms with Crippen LogP contribution in [0.2, 0.25) is 0 Å². The summed E-state index contributed by atoms with van der Waals surface area (Å²) < 4.78 is 6.15. The van der Waals surface area contributed by atoms with Crippen LogP contribution in [0.25, 0.3) is 0 Å². The number of phenols is 2. The van der Waals surface area contributed by atoms with Crippen molar-refractivity contribution in [1.29, 1.82) is 0 Å². The first kappa shape index (κ1) is 50.4. The van der Waals surface area contributed by atoms with Crippen LogP contribution in [0.1, 0.15) is 145 Å². The van der Waals surface area contributed by atoms with Gasteiger partial charge in [0.1, 0.15) is 5.75 Å². The van der Waals surface area contributed by atoms with Gasteiger partial charge >= 0.3 is 0 Å². The Morgan fingerprint density at radius 1 is 0.940 bits per heavy atom. The largest absolute Gasteiger partial charge is 0.508 e. The number of Topliss-reactive ketones (excluding diaryl/α,β-unsaturated/α-hetero) is 1. The molecule has 1 aliphatic heterocycles. The number of fused-ring (bicyclic) bond motifs is 9. The second-order valence-corrected chi connectivity index (χ2v) is 21.4. The third kappa shape index (κ3) is 13.2. The maximum Gasteiger partial charge on any atom is 0.165 e. The SMILES string of the molecule is CCCCC[C@H](CC[C@@]12/C=C/C(=O)CCc3ccc(O)c(c3)OCCc3ccc(O)c(c3)[C@@H]3CC(=O)c4cc[nH]c4CC#Cc4cc(C(N)N)c(cc43)CSSC[C@H](C1)[C@@H](O)C2)C[C@H](O)CO. The lowest BCUT2D eigenvalue weighted by molar-refractivity contribution is -0.114. The Morgan fingerprint density at radius 3 is 2.54 bits per heavy atom. The minimum absolute atomic E-state index is 0.0138. The number of ketones is 2. The Labute approximate surface area is 403 Å². The number of ether oxygens (including phenoxy) is 1. The van der Waals surface area contributed by atoms with E-state index < -0.39 is 29.7 Å². The van der Waals surface area contributed by atoms with Gasteiger partial charge in [-0.1, -0.05) is 96.4 Å². The Kier molecular flexibility index (Phi) is 17.8. The summed E-state index contributed by atoms with van der Waals surface area (Å²) in [5.41, 5.74) is 19.2. The van der Waals surface area contributed by atoms with Gasteiger partial charge in [0.25, 0.3) is 0 Å². The van der Waals surface area contributed by atoms with E-state index in [1.807, 2.05) is 30.3 Å². The van der Waals surface area contributed by atoms with Crippen LogP contribution in [0, 0.1) is 29.1 Å². The molecule has 358 valence electrons. The number of nitrogens with one attached hydrogen (secondary N) is 1. The number of unbranched alkanes of at least 4 members (excludes halogenated alkanes) is 2. The normalized spacial score (nSPS) is 22.9. The zero-order valence-electron chi connectivity index (χ0n) is 38.6. The van der Waals surface area contributed by atoms with Gasteiger partial charge < -0.3 is 46.7 Å². The van der Waals surface area contributed by atoms with E-state index in [9.17, 15) is 35.1 Å². The minimum Gasteiger partial charge on any atom is -0.508 e. The third-order valence-corrected chi connectivity index (χ3v) is 16.4. The fraction of sp³-hybridized carbons (Fsp3) is 0.481. The number of hydrogen-bond donors (Lipinski definition) is 8. The number of aryl methyl sites for hydroxylation is 1. The lowest BCUT2D eigenvalue weighted by atomic mass is 9.76. The molecule has 1 fully saturated rings. The number of carbonyl (C=O) groups is 2. The first-order chi connectivity index (χ1) is 32.3. The first-order valence-electron chi connectivity index (χ1n) is 23.9. The van der Waals surface area contributed by atoms with E-state index in [4.69, 9.17) is 16.2 Å². The Bertz CT molecular complexity index is 2440. The monoisotopic (exact) mass is 949 g/mol. The summed E-state index contributed by atoms with van der Waals surface area (Å²) in [6.45, 7) is 2.10. The van der Waals surface area contributed by atoms with Gasteiger partial charge in [0.2, 0.25) is 0 Å². The summed E-state index contributed by atoms with van der Waals surface area (Å²) in [4.78, 5) is 31.0. The molecular weight excluding hydrogens is 883 g/mol. The third-order valence-electron chi connectivity index (χ3n) is 14.0. The quantitative estimate of drug-likeness (QED) is 0.0307. The maximum atomic E-state index is 14.2. The van der Waals surface area contributed by atoms with E-state index >= 15 is 0 Å². The van der Waals surface area contributed by atoms with E-state index in [0.29, 0.717) is 72.5 Å². The van der Waals surface area contributed by atoms with Crippen LogP contribution >= 0.6 is 21.6 Å². The number of aromatic hydroxyl groups is 2. The lowest BCUT2D eigenvalue weighted by Gasteiger charge is -2.29. The van der Waals surface area contributed by atoms with Crippen LogP contribution in [0.3, 0.4) is 0 Å². The number of hydrogen-bond acceptors (Lipinski definition) is 12. The zero-order chi connectivity index (χ0) is 47.5. The molecule has 0 unspecified atom stereocenters. The Balaban J connectivity index is 1.23. The molecule has 8 bridgehead atoms. The fourth-order valence-corrected chi connectivity index (χ4v) is 12.7. The van der Waals surface area contributed by atoms with Gasteiger partial charge in [0.15, 0.2) is 23.1 Å². The molecular formula is C54H67N3O8S2. The van der Waals surface area contributed by atoms with Crippen molar-refractivity contribution in [2.45, 2.75) is 127 Å². The van der Waals surface area contributed by atoms with Crippen molar-refractivity contribution in [2.24, 2.45) is 28.7 Å². The molecule has 0 amide bonds. The summed E-state index contributed by atoms with van der Waals surface area (Å²) in [5, 5.41) is 54.2. The maximum absolute atomic E-state index is 14.2. The topological polar surface area (TPSA) is 212 Å². The first-order valence-corrected chi connectivity index (χ1v) is 26.4. The number of H-pyrrole nitrogens is 1. The van der Waals surface area contributed by atoms with Crippen LogP contribution in [-0.2, 0) is 29.8 Å². The van der Waals surface area contributed by atoms with Crippen LogP contribution in [0.5, 0.6) is 17.2 Å². The highest BCUT2D eigenvalue weighted by Crippen LogP contribution is 2.50. The Morgan fingerprint density at radius 2 is 1.75 bits per heavy atom. The molecule has 2 aliphatic carbocycles. The second-order valence-electron chi connectivity index (χ2n) is 18.9. The smallest absolute Gasteiger partial charge is 0.165 e. The number of aliphatic hydroxyl groups is 3. The van der Waals surface area contributed by atoms with Crippen LogP contribution in [0.4, 0.5) is 0 Å². The summed E-state index contributed by atoms with van der Waals surface area (Å²) >= 11 is 0. The number of rotatable bonds is 11. The molecule has 6 atom stereocenters. The molecule has 7 rings (SSSR count). The fourth-order valence-electron chi connectivity index (χ4n) is 10.2. The lowest BCUT2D eigenvalue weighted by Crippen LogP contribution is -2.22. The highest BCUT2D eigenvalue weighted by atomic mass is 33.1. The van der Waals surface area contributed by atoms with Gasteiger partial charge in [-0.25, -0.2) is 0 Å². The number of aliphatic hydroxyl groups excluding tert-OH is 3. The number of aromatic nitrogens is 1. The molecule has 11 nitrogen and oxygen atoms in total. The van der Waals surface area contributed by atoms with Gasteiger partial charge in [-0.3, -0.25) is 9.59 Å². The number of aromatic amines is 1. The molecule has 67 heavy (non-hydrogen) atoms. The van der Waals surface area contributed by atoms with Crippen molar-refractivity contribution in [3.05, 3.63) is 123 Å². The van der Waals surface area contributed by atoms with Crippen molar-refractivity contribution in [3.63, 3.8) is 0 Å². The molecule has 3 aromatic carbocycles. The number of benzene rings is 3. The number of allylic oxidation sites excluding steroid dienone is 2. The van der Waals surface area contributed by atoms with E-state index in [-0.39, 0.29) is 61.0 Å². The highest BCUT2D eigenvalue weighted by Gasteiger charge is 2.43.